The quantitative estimate of drug-likeness (QED) is 0.850. The van der Waals surface area contributed by atoms with Gasteiger partial charge in [0.25, 0.3) is 0 Å². The minimum atomic E-state index is 0.0432. The number of phenols is 1. The van der Waals surface area contributed by atoms with Gasteiger partial charge >= 0.3 is 0 Å². The lowest BCUT2D eigenvalue weighted by Gasteiger charge is -2.35. The third kappa shape index (κ3) is 3.57. The molecule has 19 heavy (non-hydrogen) atoms. The Morgan fingerprint density at radius 3 is 2.53 bits per heavy atom. The highest BCUT2D eigenvalue weighted by molar-refractivity contribution is 5.94. The van der Waals surface area contributed by atoms with E-state index in [-0.39, 0.29) is 11.5 Å². The molecule has 1 aliphatic heterocycles. The Balaban J connectivity index is 2.13. The molecular weight excluding hydrogens is 238 g/mol. The van der Waals surface area contributed by atoms with E-state index in [1.165, 1.54) is 6.42 Å². The molecule has 0 aromatic heterocycles. The molecule has 1 N–H and O–H groups in total. The van der Waals surface area contributed by atoms with Crippen molar-refractivity contribution in [2.45, 2.75) is 33.7 Å². The maximum absolute atomic E-state index is 11.4. The first-order chi connectivity index (χ1) is 8.95. The summed E-state index contributed by atoms with van der Waals surface area (Å²) in [5.74, 6) is 1.72. The number of carbonyl (C=O) groups excluding carboxylic acids is 1. The molecule has 0 spiro atoms. The molecule has 1 heterocycles. The topological polar surface area (TPSA) is 40.5 Å². The Kier molecular flexibility index (Phi) is 4.25. The van der Waals surface area contributed by atoms with Gasteiger partial charge in [-0.25, -0.2) is 0 Å². The van der Waals surface area contributed by atoms with Crippen molar-refractivity contribution >= 4 is 5.78 Å². The van der Waals surface area contributed by atoms with Gasteiger partial charge in [-0.1, -0.05) is 13.8 Å². The van der Waals surface area contributed by atoms with Crippen molar-refractivity contribution < 1.29 is 9.90 Å². The Hall–Kier alpha value is -1.35. The van der Waals surface area contributed by atoms with Crippen molar-refractivity contribution in [3.8, 4) is 5.75 Å². The lowest BCUT2D eigenvalue weighted by molar-refractivity contribution is 0.101. The van der Waals surface area contributed by atoms with Crippen LogP contribution in [0.1, 0.15) is 43.1 Å². The summed E-state index contributed by atoms with van der Waals surface area (Å²) in [5.41, 5.74) is 1.53. The summed E-state index contributed by atoms with van der Waals surface area (Å²) in [6.07, 6.45) is 1.27. The summed E-state index contributed by atoms with van der Waals surface area (Å²) in [7, 11) is 0. The van der Waals surface area contributed by atoms with Gasteiger partial charge < -0.3 is 5.11 Å². The Labute approximate surface area is 115 Å². The molecule has 1 fully saturated rings. The van der Waals surface area contributed by atoms with E-state index in [0.717, 1.165) is 25.2 Å². The van der Waals surface area contributed by atoms with E-state index >= 15 is 0 Å². The molecule has 0 aliphatic carbocycles. The molecule has 0 bridgehead atoms. The average Bonchev–Trinajstić information content (AvgIpc) is 2.30. The van der Waals surface area contributed by atoms with Gasteiger partial charge in [-0.2, -0.15) is 0 Å². The summed E-state index contributed by atoms with van der Waals surface area (Å²) < 4.78 is 0. The number of hydrogen-bond acceptors (Lipinski definition) is 3. The fourth-order valence-corrected chi connectivity index (χ4v) is 3.09. The van der Waals surface area contributed by atoms with Crippen molar-refractivity contribution in [1.29, 1.82) is 0 Å². The van der Waals surface area contributed by atoms with Gasteiger partial charge in [-0.3, -0.25) is 9.69 Å². The van der Waals surface area contributed by atoms with Gasteiger partial charge in [0.05, 0.1) is 0 Å². The number of carbonyl (C=O) groups is 1. The van der Waals surface area contributed by atoms with E-state index in [2.05, 4.69) is 18.7 Å². The molecule has 2 atom stereocenters. The van der Waals surface area contributed by atoms with Crippen molar-refractivity contribution in [3.05, 3.63) is 29.3 Å². The number of rotatable bonds is 3. The minimum Gasteiger partial charge on any atom is -0.508 e. The molecule has 104 valence electrons. The van der Waals surface area contributed by atoms with Crippen LogP contribution >= 0.6 is 0 Å². The highest BCUT2D eigenvalue weighted by Crippen LogP contribution is 2.26. The summed E-state index contributed by atoms with van der Waals surface area (Å²) in [5, 5.41) is 9.94. The fraction of sp³-hybridized carbons (Fsp3) is 0.562. The third-order valence-electron chi connectivity index (χ3n) is 3.82. The van der Waals surface area contributed by atoms with Crippen molar-refractivity contribution in [2.24, 2.45) is 11.8 Å². The zero-order valence-corrected chi connectivity index (χ0v) is 12.0. The highest BCUT2D eigenvalue weighted by Gasteiger charge is 2.22. The SMILES string of the molecule is CC(=O)c1ccc(O)c(CN2CC(C)CC(C)C2)c1. The molecule has 0 radical (unpaired) electrons. The van der Waals surface area contributed by atoms with Gasteiger partial charge in [0.15, 0.2) is 5.78 Å². The van der Waals surface area contributed by atoms with Gasteiger partial charge in [-0.15, -0.1) is 0 Å². The Morgan fingerprint density at radius 1 is 1.32 bits per heavy atom. The first kappa shape index (κ1) is 14.1. The largest absolute Gasteiger partial charge is 0.508 e. The number of piperidine rings is 1. The summed E-state index contributed by atoms with van der Waals surface area (Å²) in [6, 6.07) is 5.13. The van der Waals surface area contributed by atoms with E-state index in [1.54, 1.807) is 19.1 Å². The molecule has 1 aromatic rings. The molecule has 0 amide bonds. The zero-order valence-electron chi connectivity index (χ0n) is 12.0. The van der Waals surface area contributed by atoms with Crippen molar-refractivity contribution in [1.82, 2.24) is 4.90 Å². The van der Waals surface area contributed by atoms with Crippen LogP contribution in [0.5, 0.6) is 5.75 Å². The van der Waals surface area contributed by atoms with Gasteiger partial charge in [0.1, 0.15) is 5.75 Å². The monoisotopic (exact) mass is 261 g/mol. The van der Waals surface area contributed by atoms with Gasteiger partial charge in [0, 0.05) is 30.8 Å². The Bertz CT molecular complexity index is 460. The molecule has 3 heteroatoms. The third-order valence-corrected chi connectivity index (χ3v) is 3.82. The standard InChI is InChI=1S/C16H23NO2/c1-11-6-12(2)9-17(8-11)10-15-7-14(13(3)18)4-5-16(15)19/h4-5,7,11-12,19H,6,8-10H2,1-3H3. The summed E-state index contributed by atoms with van der Waals surface area (Å²) >= 11 is 0. The Morgan fingerprint density at radius 2 is 1.95 bits per heavy atom. The predicted molar refractivity (Wildman–Crippen MR) is 76.3 cm³/mol. The molecule has 3 nitrogen and oxygen atoms in total. The van der Waals surface area contributed by atoms with Crippen LogP contribution in [0, 0.1) is 11.8 Å². The number of phenolic OH excluding ortho intramolecular Hbond substituents is 1. The number of aromatic hydroxyl groups is 1. The summed E-state index contributed by atoms with van der Waals surface area (Å²) in [6.45, 7) is 8.95. The highest BCUT2D eigenvalue weighted by atomic mass is 16.3. The first-order valence-electron chi connectivity index (χ1n) is 7.01. The number of hydrogen-bond donors (Lipinski definition) is 1. The van der Waals surface area contributed by atoms with Crippen LogP contribution < -0.4 is 0 Å². The second-order valence-electron chi connectivity index (χ2n) is 6.04. The van der Waals surface area contributed by atoms with Crippen molar-refractivity contribution in [2.75, 3.05) is 13.1 Å². The number of ketones is 1. The van der Waals surface area contributed by atoms with Crippen LogP contribution in [0.25, 0.3) is 0 Å². The molecule has 1 aromatic carbocycles. The van der Waals surface area contributed by atoms with Crippen LogP contribution in [0.4, 0.5) is 0 Å². The van der Waals surface area contributed by atoms with E-state index < -0.39 is 0 Å². The van der Waals surface area contributed by atoms with Crippen LogP contribution in [0.2, 0.25) is 0 Å². The zero-order chi connectivity index (χ0) is 14.0. The molecule has 1 aliphatic rings. The predicted octanol–water partition coefficient (Wildman–Crippen LogP) is 3.07. The normalized spacial score (nSPS) is 24.4. The second kappa shape index (κ2) is 5.74. The lowest BCUT2D eigenvalue weighted by Crippen LogP contribution is -2.38. The fourth-order valence-electron chi connectivity index (χ4n) is 3.09. The van der Waals surface area contributed by atoms with Crippen LogP contribution in [-0.2, 0) is 6.54 Å². The van der Waals surface area contributed by atoms with Crippen LogP contribution in [0.3, 0.4) is 0 Å². The number of Topliss-reactive ketones (excluding diaryl/α,β-unsaturated/α-hetero) is 1. The number of likely N-dealkylation sites (tertiary alicyclic amines) is 1. The summed E-state index contributed by atoms with van der Waals surface area (Å²) in [4.78, 5) is 13.8. The molecule has 1 saturated heterocycles. The second-order valence-corrected chi connectivity index (χ2v) is 6.04. The number of benzene rings is 1. The minimum absolute atomic E-state index is 0.0432. The molecule has 0 saturated carbocycles. The molecular formula is C16H23NO2. The van der Waals surface area contributed by atoms with E-state index in [1.807, 2.05) is 6.07 Å². The molecule has 2 rings (SSSR count). The smallest absolute Gasteiger partial charge is 0.159 e. The van der Waals surface area contributed by atoms with Crippen LogP contribution in [-0.4, -0.2) is 28.9 Å². The van der Waals surface area contributed by atoms with Crippen LogP contribution in [0.15, 0.2) is 18.2 Å². The maximum Gasteiger partial charge on any atom is 0.159 e. The lowest BCUT2D eigenvalue weighted by atomic mass is 9.91. The first-order valence-corrected chi connectivity index (χ1v) is 7.01. The van der Waals surface area contributed by atoms with E-state index in [4.69, 9.17) is 0 Å². The number of nitrogens with zero attached hydrogens (tertiary/aromatic N) is 1. The van der Waals surface area contributed by atoms with E-state index in [9.17, 15) is 9.90 Å². The maximum atomic E-state index is 11.4. The van der Waals surface area contributed by atoms with E-state index in [0.29, 0.717) is 17.4 Å². The van der Waals surface area contributed by atoms with Gasteiger partial charge in [-0.05, 0) is 43.4 Å². The van der Waals surface area contributed by atoms with Gasteiger partial charge in [0.2, 0.25) is 0 Å². The molecule has 2 unspecified atom stereocenters. The van der Waals surface area contributed by atoms with Crippen molar-refractivity contribution in [3.63, 3.8) is 0 Å². The average molecular weight is 261 g/mol.